The fourth-order valence-corrected chi connectivity index (χ4v) is 4.00. The fourth-order valence-electron chi connectivity index (χ4n) is 2.43. The highest BCUT2D eigenvalue weighted by molar-refractivity contribution is 7.91. The second-order valence-electron chi connectivity index (χ2n) is 6.08. The van der Waals surface area contributed by atoms with Crippen LogP contribution >= 0.6 is 23.2 Å². The minimum Gasteiger partial charge on any atom is -0.331 e. The number of alkyl halides is 3. The molecular weight excluding hydrogens is 449 g/mol. The molecule has 0 spiro atoms. The van der Waals surface area contributed by atoms with Crippen molar-refractivity contribution < 1.29 is 26.5 Å². The number of sulfone groups is 1. The number of nitrogens with zero attached hydrogens (tertiary/aromatic N) is 2. The van der Waals surface area contributed by atoms with Gasteiger partial charge in [-0.1, -0.05) is 53.2 Å². The maximum atomic E-state index is 12.9. The average molecular weight is 461 g/mol. The van der Waals surface area contributed by atoms with Crippen LogP contribution in [0.4, 0.5) is 8.78 Å². The molecule has 152 valence electrons. The Hall–Kier alpha value is -2.36. The van der Waals surface area contributed by atoms with Gasteiger partial charge in [-0.05, 0) is 29.3 Å². The molecule has 11 heteroatoms. The van der Waals surface area contributed by atoms with Crippen LogP contribution in [-0.2, 0) is 21.0 Å². The van der Waals surface area contributed by atoms with Crippen molar-refractivity contribution in [3.8, 4) is 11.4 Å². The zero-order chi connectivity index (χ0) is 21.2. The Kier molecular flexibility index (Phi) is 6.02. The van der Waals surface area contributed by atoms with Crippen molar-refractivity contribution in [1.82, 2.24) is 10.1 Å². The summed E-state index contributed by atoms with van der Waals surface area (Å²) < 4.78 is 54.9. The van der Waals surface area contributed by atoms with Crippen molar-refractivity contribution in [2.75, 3.05) is 5.75 Å². The Labute approximate surface area is 174 Å². The first kappa shape index (κ1) is 21.4. The molecule has 0 unspecified atom stereocenters. The number of hydrogen-bond donors (Lipinski definition) is 0. The first-order chi connectivity index (χ1) is 13.5. The molecule has 1 heterocycles. The topological polar surface area (TPSA) is 90.1 Å². The van der Waals surface area contributed by atoms with Crippen LogP contribution in [0.25, 0.3) is 11.4 Å². The van der Waals surface area contributed by atoms with Crippen LogP contribution < -0.4 is 0 Å². The SMILES string of the molecule is O=C(CS(=O)(=O)Cc1ccc(Cl)cc1)c1ccc(-c2noc(C(F)(F)Cl)n2)cc1. The highest BCUT2D eigenvalue weighted by Crippen LogP contribution is 2.32. The molecule has 6 nitrogen and oxygen atoms in total. The van der Waals surface area contributed by atoms with E-state index in [2.05, 4.69) is 14.7 Å². The normalized spacial score (nSPS) is 12.1. The quantitative estimate of drug-likeness (QED) is 0.381. The van der Waals surface area contributed by atoms with Crippen LogP contribution in [-0.4, -0.2) is 30.1 Å². The van der Waals surface area contributed by atoms with E-state index in [9.17, 15) is 22.0 Å². The zero-order valence-corrected chi connectivity index (χ0v) is 16.8. The summed E-state index contributed by atoms with van der Waals surface area (Å²) in [4.78, 5) is 15.8. The predicted octanol–water partition coefficient (Wildman–Crippen LogP) is 4.48. The van der Waals surface area contributed by atoms with E-state index in [1.54, 1.807) is 24.3 Å². The van der Waals surface area contributed by atoms with Gasteiger partial charge in [0.25, 0.3) is 0 Å². The lowest BCUT2D eigenvalue weighted by atomic mass is 10.1. The molecule has 0 aliphatic carbocycles. The van der Waals surface area contributed by atoms with E-state index in [1.165, 1.54) is 24.3 Å². The number of halogens is 4. The number of Topliss-reactive ketones (excluding diaryl/α,β-unsaturated/α-hetero) is 1. The molecule has 0 aliphatic rings. The van der Waals surface area contributed by atoms with Gasteiger partial charge in [-0.2, -0.15) is 13.8 Å². The van der Waals surface area contributed by atoms with E-state index in [1.807, 2.05) is 0 Å². The molecule has 0 saturated heterocycles. The van der Waals surface area contributed by atoms with Gasteiger partial charge in [0.2, 0.25) is 5.82 Å². The summed E-state index contributed by atoms with van der Waals surface area (Å²) in [6.45, 7) is 0. The Balaban J connectivity index is 1.70. The fraction of sp³-hybridized carbons (Fsp3) is 0.167. The van der Waals surface area contributed by atoms with E-state index >= 15 is 0 Å². The summed E-state index contributed by atoms with van der Waals surface area (Å²) in [5.41, 5.74) is 0.947. The van der Waals surface area contributed by atoms with Gasteiger partial charge in [0.1, 0.15) is 5.75 Å². The van der Waals surface area contributed by atoms with Crippen LogP contribution in [0.3, 0.4) is 0 Å². The van der Waals surface area contributed by atoms with Crippen molar-refractivity contribution in [3.63, 3.8) is 0 Å². The molecule has 0 fully saturated rings. The van der Waals surface area contributed by atoms with Crippen molar-refractivity contribution >= 4 is 38.8 Å². The third-order valence-electron chi connectivity index (χ3n) is 3.78. The van der Waals surface area contributed by atoms with E-state index in [0.717, 1.165) is 0 Å². The lowest BCUT2D eigenvalue weighted by Crippen LogP contribution is -2.18. The molecule has 0 aliphatic heterocycles. The van der Waals surface area contributed by atoms with E-state index in [4.69, 9.17) is 23.2 Å². The number of benzene rings is 2. The highest BCUT2D eigenvalue weighted by Gasteiger charge is 2.35. The zero-order valence-electron chi connectivity index (χ0n) is 14.5. The van der Waals surface area contributed by atoms with E-state index < -0.39 is 32.6 Å². The summed E-state index contributed by atoms with van der Waals surface area (Å²) in [6, 6.07) is 11.8. The van der Waals surface area contributed by atoms with E-state index in [0.29, 0.717) is 16.1 Å². The monoisotopic (exact) mass is 460 g/mol. The molecule has 3 rings (SSSR count). The van der Waals surface area contributed by atoms with Crippen molar-refractivity contribution in [3.05, 3.63) is 70.6 Å². The molecule has 3 aromatic rings. The Bertz CT molecular complexity index is 1130. The number of carbonyl (C=O) groups is 1. The number of carbonyl (C=O) groups excluding carboxylic acids is 1. The van der Waals surface area contributed by atoms with Crippen LogP contribution in [0.5, 0.6) is 0 Å². The summed E-state index contributed by atoms with van der Waals surface area (Å²) in [5.74, 6) is -2.78. The Morgan fingerprint density at radius 3 is 2.24 bits per heavy atom. The largest absolute Gasteiger partial charge is 0.400 e. The molecule has 0 atom stereocenters. The minimum atomic E-state index is -3.79. The van der Waals surface area contributed by atoms with Gasteiger partial charge in [-0.15, -0.1) is 0 Å². The summed E-state index contributed by atoms with van der Waals surface area (Å²) in [6.07, 6.45) is 0. The molecule has 1 aromatic heterocycles. The first-order valence-electron chi connectivity index (χ1n) is 8.03. The van der Waals surface area contributed by atoms with Gasteiger partial charge < -0.3 is 4.52 Å². The van der Waals surface area contributed by atoms with E-state index in [-0.39, 0.29) is 17.1 Å². The van der Waals surface area contributed by atoms with Crippen molar-refractivity contribution in [2.24, 2.45) is 0 Å². The molecule has 0 bridgehead atoms. The summed E-state index contributed by atoms with van der Waals surface area (Å²) in [5, 5.41) is 0.0846. The highest BCUT2D eigenvalue weighted by atomic mass is 35.5. The lowest BCUT2D eigenvalue weighted by Gasteiger charge is -2.05. The molecule has 2 aromatic carbocycles. The number of hydrogen-bond acceptors (Lipinski definition) is 6. The minimum absolute atomic E-state index is 0.139. The second-order valence-corrected chi connectivity index (χ2v) is 9.06. The van der Waals surface area contributed by atoms with Gasteiger partial charge in [0.05, 0.1) is 5.75 Å². The first-order valence-corrected chi connectivity index (χ1v) is 10.6. The molecule has 0 amide bonds. The van der Waals surface area contributed by atoms with Crippen LogP contribution in [0.2, 0.25) is 5.02 Å². The van der Waals surface area contributed by atoms with Gasteiger partial charge in [0, 0.05) is 16.1 Å². The van der Waals surface area contributed by atoms with Crippen molar-refractivity contribution in [1.29, 1.82) is 0 Å². The van der Waals surface area contributed by atoms with Gasteiger partial charge in [0.15, 0.2) is 15.6 Å². The average Bonchev–Trinajstić information content (AvgIpc) is 3.14. The maximum absolute atomic E-state index is 12.9. The molecular formula is C18H12Cl2F2N2O4S. The van der Waals surface area contributed by atoms with Crippen molar-refractivity contribution in [2.45, 2.75) is 11.1 Å². The third-order valence-corrected chi connectivity index (χ3v) is 5.67. The van der Waals surface area contributed by atoms with Crippen LogP contribution in [0.15, 0.2) is 53.1 Å². The Morgan fingerprint density at radius 2 is 1.69 bits per heavy atom. The lowest BCUT2D eigenvalue weighted by molar-refractivity contribution is 0.0551. The molecule has 0 N–H and O–H groups in total. The Morgan fingerprint density at radius 1 is 1.07 bits per heavy atom. The maximum Gasteiger partial charge on any atom is 0.400 e. The molecule has 0 radical (unpaired) electrons. The standard InChI is InChI=1S/C18H12Cl2F2N2O4S/c19-14-7-1-11(2-8-14)9-29(26,27)10-15(25)12-3-5-13(6-4-12)16-23-17(28-24-16)18(20,21)22/h1-8H,9-10H2. The van der Waals surface area contributed by atoms with Crippen LogP contribution in [0, 0.1) is 0 Å². The summed E-state index contributed by atoms with van der Waals surface area (Å²) in [7, 11) is -3.70. The number of ketones is 1. The second kappa shape index (κ2) is 8.17. The molecule has 29 heavy (non-hydrogen) atoms. The van der Waals surface area contributed by atoms with Crippen LogP contribution in [0.1, 0.15) is 21.8 Å². The number of rotatable bonds is 7. The van der Waals surface area contributed by atoms with Gasteiger partial charge in [-0.3, -0.25) is 4.79 Å². The van der Waals surface area contributed by atoms with Gasteiger partial charge in [-0.25, -0.2) is 8.42 Å². The smallest absolute Gasteiger partial charge is 0.331 e. The van der Waals surface area contributed by atoms with Gasteiger partial charge >= 0.3 is 11.3 Å². The predicted molar refractivity (Wildman–Crippen MR) is 103 cm³/mol. The number of aromatic nitrogens is 2. The third kappa shape index (κ3) is 5.59. The summed E-state index contributed by atoms with van der Waals surface area (Å²) >= 11 is 10.6. The molecule has 0 saturated carbocycles.